The van der Waals surface area contributed by atoms with Crippen LogP contribution in [0.2, 0.25) is 0 Å². The second kappa shape index (κ2) is 12.9. The number of hydrogen-bond acceptors (Lipinski definition) is 7. The van der Waals surface area contributed by atoms with E-state index in [9.17, 15) is 9.18 Å². The summed E-state index contributed by atoms with van der Waals surface area (Å²) in [6, 6.07) is 14.2. The SMILES string of the molecule is COCCOc1cc(F)cc(F)c1-c1c(-c2cnc3c(c2)CN(C(=O)OC(C)(C)C)CC3)nc(-c2ccc3c(ccn3C)c2)c2sccc12. The highest BCUT2D eigenvalue weighted by atomic mass is 32.1. The van der Waals surface area contributed by atoms with Crippen LogP contribution in [0.25, 0.3) is 54.6 Å². The van der Waals surface area contributed by atoms with Crippen molar-refractivity contribution in [3.63, 3.8) is 0 Å². The topological polar surface area (TPSA) is 78.7 Å². The molecule has 0 fully saturated rings. The Morgan fingerprint density at radius 1 is 1.00 bits per heavy atom. The molecule has 5 heterocycles. The van der Waals surface area contributed by atoms with E-state index in [4.69, 9.17) is 24.2 Å². The number of hydrogen-bond donors (Lipinski definition) is 0. The average Bonchev–Trinajstić information content (AvgIpc) is 3.70. The van der Waals surface area contributed by atoms with Gasteiger partial charge in [-0.15, -0.1) is 11.3 Å². The molecule has 1 aliphatic rings. The molecule has 8 nitrogen and oxygen atoms in total. The second-order valence-electron chi connectivity index (χ2n) is 13.1. The Balaban J connectivity index is 1.45. The summed E-state index contributed by atoms with van der Waals surface area (Å²) in [5, 5.41) is 3.75. The number of nitrogens with zero attached hydrogens (tertiary/aromatic N) is 4. The third kappa shape index (κ3) is 6.36. The minimum atomic E-state index is -0.775. The van der Waals surface area contributed by atoms with Gasteiger partial charge in [0.15, 0.2) is 0 Å². The highest BCUT2D eigenvalue weighted by Crippen LogP contribution is 2.47. The highest BCUT2D eigenvalue weighted by Gasteiger charge is 2.29. The van der Waals surface area contributed by atoms with E-state index in [1.807, 2.05) is 57.6 Å². The predicted octanol–water partition coefficient (Wildman–Crippen LogP) is 8.78. The number of benzene rings is 2. The fourth-order valence-corrected chi connectivity index (χ4v) is 7.21. The number of fused-ring (bicyclic) bond motifs is 3. The number of pyridine rings is 2. The smallest absolute Gasteiger partial charge is 0.410 e. The number of carbonyl (C=O) groups excluding carboxylic acids is 1. The Hall–Kier alpha value is -4.87. The first-order valence-electron chi connectivity index (χ1n) is 16.0. The first kappa shape index (κ1) is 32.7. The summed E-state index contributed by atoms with van der Waals surface area (Å²) in [7, 11) is 3.53. The van der Waals surface area contributed by atoms with Crippen LogP contribution >= 0.6 is 11.3 Å². The van der Waals surface area contributed by atoms with Crippen LogP contribution in [0.3, 0.4) is 0 Å². The molecule has 0 saturated carbocycles. The number of aromatic nitrogens is 3. The Labute approximate surface area is 286 Å². The molecule has 0 spiro atoms. The van der Waals surface area contributed by atoms with Crippen LogP contribution in [0.15, 0.2) is 66.3 Å². The first-order valence-corrected chi connectivity index (χ1v) is 16.9. The fourth-order valence-electron chi connectivity index (χ4n) is 6.30. The Morgan fingerprint density at radius 3 is 2.63 bits per heavy atom. The molecule has 0 saturated heterocycles. The molecule has 0 radical (unpaired) electrons. The summed E-state index contributed by atoms with van der Waals surface area (Å²) in [5.41, 5.74) is 5.44. The largest absolute Gasteiger partial charge is 0.490 e. The normalized spacial score (nSPS) is 13.2. The monoisotopic (exact) mass is 682 g/mol. The molecule has 0 N–H and O–H groups in total. The summed E-state index contributed by atoms with van der Waals surface area (Å²) in [6.45, 7) is 6.63. The van der Waals surface area contributed by atoms with Gasteiger partial charge in [-0.1, -0.05) is 6.07 Å². The average molecular weight is 683 g/mol. The number of methoxy groups -OCH3 is 1. The zero-order chi connectivity index (χ0) is 34.4. The minimum Gasteiger partial charge on any atom is -0.490 e. The van der Waals surface area contributed by atoms with Gasteiger partial charge in [-0.2, -0.15) is 0 Å². The summed E-state index contributed by atoms with van der Waals surface area (Å²) in [6.07, 6.45) is 3.92. The van der Waals surface area contributed by atoms with Crippen LogP contribution in [0.4, 0.5) is 13.6 Å². The Bertz CT molecular complexity index is 2220. The van der Waals surface area contributed by atoms with Crippen LogP contribution in [-0.2, 0) is 29.5 Å². The molecule has 7 rings (SSSR count). The van der Waals surface area contributed by atoms with Gasteiger partial charge in [0.2, 0.25) is 0 Å². The quantitative estimate of drug-likeness (QED) is 0.157. The van der Waals surface area contributed by atoms with Crippen molar-refractivity contribution in [2.45, 2.75) is 39.3 Å². The molecule has 0 unspecified atom stereocenters. The number of amides is 1. The molecular formula is C38H36F2N4O4S. The lowest BCUT2D eigenvalue weighted by Gasteiger charge is -2.31. The zero-order valence-electron chi connectivity index (χ0n) is 28.0. The van der Waals surface area contributed by atoms with Gasteiger partial charge in [-0.05, 0) is 62.0 Å². The number of ether oxygens (including phenoxy) is 3. The number of carbonyl (C=O) groups is 1. The zero-order valence-corrected chi connectivity index (χ0v) is 28.8. The molecule has 49 heavy (non-hydrogen) atoms. The van der Waals surface area contributed by atoms with Crippen molar-refractivity contribution in [3.8, 4) is 39.4 Å². The van der Waals surface area contributed by atoms with E-state index >= 15 is 4.39 Å². The van der Waals surface area contributed by atoms with Crippen LogP contribution in [0.5, 0.6) is 5.75 Å². The molecular weight excluding hydrogens is 647 g/mol. The lowest BCUT2D eigenvalue weighted by atomic mass is 9.92. The van der Waals surface area contributed by atoms with E-state index in [-0.39, 0.29) is 24.5 Å². The second-order valence-corrected chi connectivity index (χ2v) is 14.0. The van der Waals surface area contributed by atoms with Crippen LogP contribution < -0.4 is 4.74 Å². The maximum Gasteiger partial charge on any atom is 0.410 e. The van der Waals surface area contributed by atoms with Crippen LogP contribution in [0, 0.1) is 11.6 Å². The van der Waals surface area contributed by atoms with Gasteiger partial charge in [-0.3, -0.25) is 4.98 Å². The molecule has 0 bridgehead atoms. The Kier molecular flexibility index (Phi) is 8.58. The lowest BCUT2D eigenvalue weighted by Crippen LogP contribution is -2.40. The van der Waals surface area contributed by atoms with E-state index in [1.165, 1.54) is 24.5 Å². The summed E-state index contributed by atoms with van der Waals surface area (Å²) < 4.78 is 50.5. The molecule has 2 aromatic carbocycles. The van der Waals surface area contributed by atoms with Gasteiger partial charge in [0.1, 0.15) is 29.6 Å². The summed E-state index contributed by atoms with van der Waals surface area (Å²) in [4.78, 5) is 24.8. The van der Waals surface area contributed by atoms with E-state index < -0.39 is 23.3 Å². The summed E-state index contributed by atoms with van der Waals surface area (Å²) in [5.74, 6) is -1.48. The van der Waals surface area contributed by atoms with Crippen LogP contribution in [0.1, 0.15) is 32.0 Å². The molecule has 11 heteroatoms. The molecule has 4 aromatic heterocycles. The van der Waals surface area contributed by atoms with Gasteiger partial charge in [0.25, 0.3) is 0 Å². The van der Waals surface area contributed by atoms with E-state index in [1.54, 1.807) is 11.1 Å². The van der Waals surface area contributed by atoms with Crippen molar-refractivity contribution >= 4 is 38.4 Å². The number of rotatable bonds is 7. The minimum absolute atomic E-state index is 0.0468. The Morgan fingerprint density at radius 2 is 1.84 bits per heavy atom. The van der Waals surface area contributed by atoms with Crippen molar-refractivity contribution in [2.75, 3.05) is 26.9 Å². The van der Waals surface area contributed by atoms with Crippen molar-refractivity contribution in [2.24, 2.45) is 7.05 Å². The standard InChI is InChI=1S/C38H36F2N4O4S/c1-38(2,3)48-37(45)44-12-9-29-25(21-44)17-24(20-41-29)34-32(33-28(40)18-26(39)19-31(33)47-14-13-46-5)27-10-15-49-36(27)35(42-34)23-6-7-30-22(16-23)8-11-43(30)4/h6-8,10-11,15-20H,9,12-14,21H2,1-5H3. The molecule has 1 amide bonds. The first-order chi connectivity index (χ1) is 23.5. The molecule has 1 aliphatic heterocycles. The number of aryl methyl sites for hydroxylation is 1. The maximum atomic E-state index is 16.1. The maximum absolute atomic E-state index is 16.1. The van der Waals surface area contributed by atoms with Gasteiger partial charge < -0.3 is 23.7 Å². The molecule has 252 valence electrons. The van der Waals surface area contributed by atoms with Crippen molar-refractivity contribution in [1.82, 2.24) is 19.4 Å². The summed E-state index contributed by atoms with van der Waals surface area (Å²) >= 11 is 1.50. The van der Waals surface area contributed by atoms with E-state index in [0.717, 1.165) is 49.6 Å². The van der Waals surface area contributed by atoms with Gasteiger partial charge in [0, 0.05) is 90.3 Å². The van der Waals surface area contributed by atoms with Crippen molar-refractivity contribution in [1.29, 1.82) is 0 Å². The predicted molar refractivity (Wildman–Crippen MR) is 188 cm³/mol. The fraction of sp³-hybridized carbons (Fsp3) is 0.289. The molecule has 6 aromatic rings. The van der Waals surface area contributed by atoms with E-state index in [2.05, 4.69) is 22.8 Å². The number of thiophene rings is 1. The molecule has 0 atom stereocenters. The van der Waals surface area contributed by atoms with Gasteiger partial charge in [-0.25, -0.2) is 18.6 Å². The third-order valence-corrected chi connectivity index (χ3v) is 9.47. The van der Waals surface area contributed by atoms with Crippen molar-refractivity contribution in [3.05, 3.63) is 89.2 Å². The van der Waals surface area contributed by atoms with Gasteiger partial charge in [0.05, 0.1) is 34.8 Å². The van der Waals surface area contributed by atoms with Crippen LogP contribution in [-0.4, -0.2) is 58.0 Å². The van der Waals surface area contributed by atoms with Crippen molar-refractivity contribution < 1.29 is 27.8 Å². The highest BCUT2D eigenvalue weighted by molar-refractivity contribution is 7.17. The number of halogens is 2. The van der Waals surface area contributed by atoms with Gasteiger partial charge >= 0.3 is 6.09 Å². The van der Waals surface area contributed by atoms with E-state index in [0.29, 0.717) is 36.3 Å². The lowest BCUT2D eigenvalue weighted by molar-refractivity contribution is 0.0222. The molecule has 0 aliphatic carbocycles. The third-order valence-electron chi connectivity index (χ3n) is 8.55.